The summed E-state index contributed by atoms with van der Waals surface area (Å²) in [4.78, 5) is 13.4. The fraction of sp³-hybridized carbons (Fsp3) is 0.500. The van der Waals surface area contributed by atoms with E-state index >= 15 is 0 Å². The molecule has 3 nitrogen and oxygen atoms in total. The first-order valence-electron chi connectivity index (χ1n) is 6.28. The zero-order valence-electron chi connectivity index (χ0n) is 10.7. The number of rotatable bonds is 3. The summed E-state index contributed by atoms with van der Waals surface area (Å²) in [6, 6.07) is 5.70. The lowest BCUT2D eigenvalue weighted by Crippen LogP contribution is -2.49. The third kappa shape index (κ3) is 2.68. The summed E-state index contributed by atoms with van der Waals surface area (Å²) in [5, 5.41) is 0.657. The van der Waals surface area contributed by atoms with Gasteiger partial charge < -0.3 is 9.64 Å². The normalized spacial score (nSPS) is 24.1. The fourth-order valence-electron chi connectivity index (χ4n) is 2.34. The molecule has 1 fully saturated rings. The van der Waals surface area contributed by atoms with E-state index in [1.54, 1.807) is 12.1 Å². The van der Waals surface area contributed by atoms with Gasteiger partial charge in [0.2, 0.25) is 0 Å². The zero-order valence-corrected chi connectivity index (χ0v) is 11.5. The molecule has 0 radical (unpaired) electrons. The molecule has 0 bridgehead atoms. The van der Waals surface area contributed by atoms with E-state index in [4.69, 9.17) is 16.3 Å². The van der Waals surface area contributed by atoms with Crippen LogP contribution in [0, 0.1) is 0 Å². The molecule has 0 aromatic heterocycles. The first kappa shape index (κ1) is 13.4. The number of carbonyl (C=O) groups excluding carboxylic acids is 1. The van der Waals surface area contributed by atoms with Gasteiger partial charge in [0.25, 0.3) is 0 Å². The average Bonchev–Trinajstić information content (AvgIpc) is 2.38. The predicted octanol–water partition coefficient (Wildman–Crippen LogP) is 3.16. The maximum absolute atomic E-state index is 11.2. The van der Waals surface area contributed by atoms with Crippen molar-refractivity contribution in [3.63, 3.8) is 0 Å². The number of aldehydes is 1. The van der Waals surface area contributed by atoms with Crippen molar-refractivity contribution in [2.45, 2.75) is 32.4 Å². The van der Waals surface area contributed by atoms with Crippen LogP contribution in [-0.2, 0) is 4.74 Å². The van der Waals surface area contributed by atoms with Crippen LogP contribution in [-0.4, -0.2) is 31.6 Å². The molecule has 18 heavy (non-hydrogen) atoms. The van der Waals surface area contributed by atoms with Gasteiger partial charge in [-0.2, -0.15) is 0 Å². The Balaban J connectivity index is 2.37. The number of hydrogen-bond donors (Lipinski definition) is 0. The highest BCUT2D eigenvalue weighted by atomic mass is 35.5. The Hall–Kier alpha value is -1.06. The van der Waals surface area contributed by atoms with E-state index in [2.05, 4.69) is 11.8 Å². The van der Waals surface area contributed by atoms with Crippen molar-refractivity contribution in [1.29, 1.82) is 0 Å². The van der Waals surface area contributed by atoms with Crippen molar-refractivity contribution in [2.24, 2.45) is 0 Å². The highest BCUT2D eigenvalue weighted by Gasteiger charge is 2.27. The number of carbonyl (C=O) groups is 1. The molecule has 1 saturated heterocycles. The van der Waals surface area contributed by atoms with E-state index in [0.717, 1.165) is 24.9 Å². The van der Waals surface area contributed by atoms with E-state index in [9.17, 15) is 4.79 Å². The van der Waals surface area contributed by atoms with E-state index in [0.29, 0.717) is 23.2 Å². The van der Waals surface area contributed by atoms with Gasteiger partial charge >= 0.3 is 0 Å². The lowest BCUT2D eigenvalue weighted by molar-refractivity contribution is 0.0299. The molecule has 4 heteroatoms. The second-order valence-electron chi connectivity index (χ2n) is 4.68. The Morgan fingerprint density at radius 1 is 1.56 bits per heavy atom. The number of ether oxygens (including phenoxy) is 1. The molecule has 0 spiro atoms. The summed E-state index contributed by atoms with van der Waals surface area (Å²) in [5.74, 6) is 0. The zero-order chi connectivity index (χ0) is 13.1. The standard InChI is InChI=1S/C14H18ClNO2/c1-3-13-9-18-10(2)7-16(13)14-6-12(15)5-4-11(14)8-17/h4-6,8,10,13H,3,7,9H2,1-2H3. The summed E-state index contributed by atoms with van der Waals surface area (Å²) >= 11 is 6.05. The van der Waals surface area contributed by atoms with Gasteiger partial charge in [-0.25, -0.2) is 0 Å². The molecule has 1 aliphatic heterocycles. The molecule has 98 valence electrons. The van der Waals surface area contributed by atoms with E-state index < -0.39 is 0 Å². The second-order valence-corrected chi connectivity index (χ2v) is 5.12. The number of anilines is 1. The summed E-state index contributed by atoms with van der Waals surface area (Å²) in [7, 11) is 0. The van der Waals surface area contributed by atoms with Crippen LogP contribution < -0.4 is 4.90 Å². The monoisotopic (exact) mass is 267 g/mol. The quantitative estimate of drug-likeness (QED) is 0.788. The summed E-state index contributed by atoms with van der Waals surface area (Å²) < 4.78 is 5.67. The third-order valence-corrected chi connectivity index (χ3v) is 3.60. The van der Waals surface area contributed by atoms with Crippen molar-refractivity contribution in [1.82, 2.24) is 0 Å². The van der Waals surface area contributed by atoms with Crippen LogP contribution in [0.15, 0.2) is 18.2 Å². The van der Waals surface area contributed by atoms with Crippen LogP contribution in [0.2, 0.25) is 5.02 Å². The molecule has 2 atom stereocenters. The first-order chi connectivity index (χ1) is 8.65. The number of morpholine rings is 1. The van der Waals surface area contributed by atoms with Crippen molar-refractivity contribution in [3.8, 4) is 0 Å². The smallest absolute Gasteiger partial charge is 0.152 e. The van der Waals surface area contributed by atoms with Crippen LogP contribution in [0.4, 0.5) is 5.69 Å². The molecular formula is C14H18ClNO2. The summed E-state index contributed by atoms with van der Waals surface area (Å²) in [5.41, 5.74) is 1.60. The van der Waals surface area contributed by atoms with E-state index in [1.165, 1.54) is 0 Å². The van der Waals surface area contributed by atoms with Gasteiger partial charge in [0.15, 0.2) is 6.29 Å². The Morgan fingerprint density at radius 2 is 2.33 bits per heavy atom. The molecule has 1 aromatic rings. The summed E-state index contributed by atoms with van der Waals surface area (Å²) in [6.45, 7) is 5.66. The molecule has 2 rings (SSSR count). The van der Waals surface area contributed by atoms with Crippen LogP contribution in [0.1, 0.15) is 30.6 Å². The minimum absolute atomic E-state index is 0.172. The molecule has 1 aliphatic rings. The van der Waals surface area contributed by atoms with Gasteiger partial charge in [0.1, 0.15) is 0 Å². The number of nitrogens with zero attached hydrogens (tertiary/aromatic N) is 1. The number of benzene rings is 1. The maximum Gasteiger partial charge on any atom is 0.152 e. The lowest BCUT2D eigenvalue weighted by atomic mass is 10.1. The molecular weight excluding hydrogens is 250 g/mol. The van der Waals surface area contributed by atoms with Crippen LogP contribution in [0.25, 0.3) is 0 Å². The molecule has 1 heterocycles. The molecule has 1 aromatic carbocycles. The largest absolute Gasteiger partial charge is 0.375 e. The Bertz CT molecular complexity index is 436. The van der Waals surface area contributed by atoms with Crippen molar-refractivity contribution >= 4 is 23.6 Å². The Morgan fingerprint density at radius 3 is 3.00 bits per heavy atom. The SMILES string of the molecule is CCC1COC(C)CN1c1cc(Cl)ccc1C=O. The minimum atomic E-state index is 0.172. The highest BCUT2D eigenvalue weighted by molar-refractivity contribution is 6.31. The number of halogens is 1. The van der Waals surface area contributed by atoms with Crippen molar-refractivity contribution in [2.75, 3.05) is 18.1 Å². The highest BCUT2D eigenvalue weighted by Crippen LogP contribution is 2.28. The van der Waals surface area contributed by atoms with Gasteiger partial charge in [-0.3, -0.25) is 4.79 Å². The van der Waals surface area contributed by atoms with Gasteiger partial charge in [0.05, 0.1) is 18.8 Å². The summed E-state index contributed by atoms with van der Waals surface area (Å²) in [6.07, 6.45) is 2.04. The predicted molar refractivity (Wildman–Crippen MR) is 73.7 cm³/mol. The van der Waals surface area contributed by atoms with Gasteiger partial charge in [-0.15, -0.1) is 0 Å². The first-order valence-corrected chi connectivity index (χ1v) is 6.66. The van der Waals surface area contributed by atoms with Crippen LogP contribution in [0.3, 0.4) is 0 Å². The average molecular weight is 268 g/mol. The van der Waals surface area contributed by atoms with E-state index in [-0.39, 0.29) is 6.10 Å². The van der Waals surface area contributed by atoms with Crippen molar-refractivity contribution in [3.05, 3.63) is 28.8 Å². The molecule has 0 saturated carbocycles. The van der Waals surface area contributed by atoms with E-state index in [1.807, 2.05) is 13.0 Å². The molecule has 0 N–H and O–H groups in total. The van der Waals surface area contributed by atoms with Gasteiger partial charge in [-0.1, -0.05) is 18.5 Å². The minimum Gasteiger partial charge on any atom is -0.375 e. The topological polar surface area (TPSA) is 29.5 Å². The van der Waals surface area contributed by atoms with Gasteiger partial charge in [-0.05, 0) is 31.5 Å². The van der Waals surface area contributed by atoms with Gasteiger partial charge in [0, 0.05) is 22.8 Å². The van der Waals surface area contributed by atoms with Crippen LogP contribution in [0.5, 0.6) is 0 Å². The Kier molecular flexibility index (Phi) is 4.25. The molecule has 0 amide bonds. The second kappa shape index (κ2) is 5.72. The molecule has 2 unspecified atom stereocenters. The third-order valence-electron chi connectivity index (χ3n) is 3.37. The maximum atomic E-state index is 11.2. The fourth-order valence-corrected chi connectivity index (χ4v) is 2.51. The Labute approximate surface area is 113 Å². The lowest BCUT2D eigenvalue weighted by Gasteiger charge is -2.40. The van der Waals surface area contributed by atoms with Crippen LogP contribution >= 0.6 is 11.6 Å². The van der Waals surface area contributed by atoms with Crippen molar-refractivity contribution < 1.29 is 9.53 Å². The number of hydrogen-bond acceptors (Lipinski definition) is 3. The molecule has 0 aliphatic carbocycles.